The van der Waals surface area contributed by atoms with Crippen LogP contribution in [0, 0.1) is 13.8 Å². The Kier molecular flexibility index (Phi) is 3.73. The third-order valence-electron chi connectivity index (χ3n) is 3.90. The van der Waals surface area contributed by atoms with Crippen LogP contribution in [0.3, 0.4) is 0 Å². The number of hydrogen-bond acceptors (Lipinski definition) is 5. The highest BCUT2D eigenvalue weighted by molar-refractivity contribution is 5.62. The van der Waals surface area contributed by atoms with E-state index in [9.17, 15) is 0 Å². The van der Waals surface area contributed by atoms with E-state index in [0.29, 0.717) is 17.7 Å². The van der Waals surface area contributed by atoms with Gasteiger partial charge in [-0.3, -0.25) is 0 Å². The number of benzene rings is 1. The highest BCUT2D eigenvalue weighted by atomic mass is 15.3. The number of nitrogen functional groups attached to an aromatic ring is 1. The summed E-state index contributed by atoms with van der Waals surface area (Å²) in [7, 11) is 0. The molecule has 1 saturated heterocycles. The Balaban J connectivity index is 2.00. The lowest BCUT2D eigenvalue weighted by Gasteiger charge is -2.26. The second kappa shape index (κ2) is 5.68. The van der Waals surface area contributed by atoms with Crippen molar-refractivity contribution >= 4 is 11.9 Å². The van der Waals surface area contributed by atoms with Gasteiger partial charge in [0, 0.05) is 18.7 Å². The van der Waals surface area contributed by atoms with Crippen molar-refractivity contribution in [2.75, 3.05) is 23.7 Å². The number of hydrogen-bond donors (Lipinski definition) is 1. The van der Waals surface area contributed by atoms with Gasteiger partial charge in [-0.1, -0.05) is 23.8 Å². The molecule has 1 aliphatic heterocycles. The van der Waals surface area contributed by atoms with Gasteiger partial charge in [-0.05, 0) is 38.7 Å². The van der Waals surface area contributed by atoms with Crippen LogP contribution in [0.1, 0.15) is 30.4 Å². The predicted molar refractivity (Wildman–Crippen MR) is 85.2 cm³/mol. The molecule has 1 aromatic carbocycles. The molecular weight excluding hydrogens is 262 g/mol. The van der Waals surface area contributed by atoms with Crippen molar-refractivity contribution in [3.63, 3.8) is 0 Å². The number of rotatable bonds is 2. The van der Waals surface area contributed by atoms with Gasteiger partial charge in [-0.25, -0.2) is 0 Å². The normalized spacial score (nSPS) is 15.2. The lowest BCUT2D eigenvalue weighted by atomic mass is 10.1. The molecule has 0 aliphatic carbocycles. The van der Waals surface area contributed by atoms with E-state index in [1.54, 1.807) is 0 Å². The van der Waals surface area contributed by atoms with Gasteiger partial charge in [-0.15, -0.1) is 0 Å². The molecule has 1 aromatic heterocycles. The fourth-order valence-corrected chi connectivity index (χ4v) is 2.80. The van der Waals surface area contributed by atoms with Crippen molar-refractivity contribution in [2.45, 2.75) is 33.1 Å². The molecule has 1 fully saturated rings. The van der Waals surface area contributed by atoms with Gasteiger partial charge >= 0.3 is 0 Å². The molecule has 0 bridgehead atoms. The van der Waals surface area contributed by atoms with Gasteiger partial charge in [0.25, 0.3) is 0 Å². The molecular formula is C16H21N5. The summed E-state index contributed by atoms with van der Waals surface area (Å²) >= 11 is 0. The van der Waals surface area contributed by atoms with E-state index >= 15 is 0 Å². The summed E-state index contributed by atoms with van der Waals surface area (Å²) in [6, 6.07) is 6.26. The van der Waals surface area contributed by atoms with E-state index in [4.69, 9.17) is 5.73 Å². The molecule has 3 rings (SSSR count). The molecule has 0 radical (unpaired) electrons. The molecule has 5 nitrogen and oxygen atoms in total. The van der Waals surface area contributed by atoms with Crippen molar-refractivity contribution in [1.82, 2.24) is 15.0 Å². The fourth-order valence-electron chi connectivity index (χ4n) is 2.80. The zero-order chi connectivity index (χ0) is 14.8. The average molecular weight is 283 g/mol. The molecule has 0 amide bonds. The Morgan fingerprint density at radius 3 is 2.48 bits per heavy atom. The van der Waals surface area contributed by atoms with Crippen LogP contribution in [-0.2, 0) is 0 Å². The van der Waals surface area contributed by atoms with Crippen LogP contribution in [0.5, 0.6) is 0 Å². The van der Waals surface area contributed by atoms with Crippen LogP contribution in [0.25, 0.3) is 11.4 Å². The summed E-state index contributed by atoms with van der Waals surface area (Å²) < 4.78 is 0. The van der Waals surface area contributed by atoms with Gasteiger partial charge in [0.1, 0.15) is 0 Å². The minimum Gasteiger partial charge on any atom is -0.368 e. The molecule has 0 spiro atoms. The largest absolute Gasteiger partial charge is 0.368 e. The van der Waals surface area contributed by atoms with E-state index in [1.165, 1.54) is 24.8 Å². The number of anilines is 2. The summed E-state index contributed by atoms with van der Waals surface area (Å²) in [5.74, 6) is 1.67. The van der Waals surface area contributed by atoms with Crippen molar-refractivity contribution in [3.05, 3.63) is 29.3 Å². The Hall–Kier alpha value is -2.17. The van der Waals surface area contributed by atoms with Crippen LogP contribution in [0.4, 0.5) is 11.9 Å². The first-order valence-corrected chi connectivity index (χ1v) is 7.47. The predicted octanol–water partition coefficient (Wildman–Crippen LogP) is 2.73. The Labute approximate surface area is 125 Å². The number of aryl methyl sites for hydroxylation is 2. The van der Waals surface area contributed by atoms with E-state index in [0.717, 1.165) is 24.2 Å². The Bertz CT molecular complexity index is 647. The van der Waals surface area contributed by atoms with E-state index in [-0.39, 0.29) is 0 Å². The van der Waals surface area contributed by atoms with Gasteiger partial charge in [-0.2, -0.15) is 15.0 Å². The van der Waals surface area contributed by atoms with Crippen molar-refractivity contribution in [1.29, 1.82) is 0 Å². The van der Waals surface area contributed by atoms with E-state index < -0.39 is 0 Å². The maximum absolute atomic E-state index is 5.89. The second-order valence-corrected chi connectivity index (χ2v) is 5.68. The molecule has 1 aliphatic rings. The summed E-state index contributed by atoms with van der Waals surface area (Å²) in [4.78, 5) is 15.5. The lowest BCUT2D eigenvalue weighted by Crippen LogP contribution is -2.31. The van der Waals surface area contributed by atoms with Gasteiger partial charge in [0.05, 0.1) is 0 Å². The number of aromatic nitrogens is 3. The molecule has 21 heavy (non-hydrogen) atoms. The molecule has 0 unspecified atom stereocenters. The molecule has 2 N–H and O–H groups in total. The van der Waals surface area contributed by atoms with Crippen molar-refractivity contribution < 1.29 is 0 Å². The lowest BCUT2D eigenvalue weighted by molar-refractivity contribution is 0.568. The number of nitrogens with zero attached hydrogens (tertiary/aromatic N) is 4. The first-order chi connectivity index (χ1) is 10.1. The highest BCUT2D eigenvalue weighted by Gasteiger charge is 2.16. The Morgan fingerprint density at radius 2 is 1.76 bits per heavy atom. The van der Waals surface area contributed by atoms with Gasteiger partial charge < -0.3 is 10.6 Å². The number of nitrogens with two attached hydrogens (primary N) is 1. The maximum Gasteiger partial charge on any atom is 0.230 e. The molecule has 2 heterocycles. The summed E-state index contributed by atoms with van der Waals surface area (Å²) in [6.45, 7) is 6.14. The van der Waals surface area contributed by atoms with Crippen LogP contribution in [-0.4, -0.2) is 28.0 Å². The highest BCUT2D eigenvalue weighted by Crippen LogP contribution is 2.24. The summed E-state index contributed by atoms with van der Waals surface area (Å²) in [5.41, 5.74) is 9.30. The quantitative estimate of drug-likeness (QED) is 0.917. The molecule has 2 aromatic rings. The summed E-state index contributed by atoms with van der Waals surface area (Å²) in [6.07, 6.45) is 3.65. The molecule has 5 heteroatoms. The van der Waals surface area contributed by atoms with E-state index in [2.05, 4.69) is 51.9 Å². The molecule has 0 atom stereocenters. The van der Waals surface area contributed by atoms with Crippen LogP contribution in [0.2, 0.25) is 0 Å². The van der Waals surface area contributed by atoms with Gasteiger partial charge in [0.15, 0.2) is 5.82 Å². The van der Waals surface area contributed by atoms with Crippen LogP contribution >= 0.6 is 0 Å². The topological polar surface area (TPSA) is 67.9 Å². The smallest absolute Gasteiger partial charge is 0.230 e. The zero-order valence-electron chi connectivity index (χ0n) is 12.6. The minimum atomic E-state index is 0.292. The third-order valence-corrected chi connectivity index (χ3v) is 3.90. The maximum atomic E-state index is 5.89. The SMILES string of the molecule is Cc1ccc(-c2nc(N)nc(N3CCCCC3)n2)c(C)c1. The van der Waals surface area contributed by atoms with Crippen LogP contribution in [0.15, 0.2) is 18.2 Å². The fraction of sp³-hybridized carbons (Fsp3) is 0.438. The number of piperidine rings is 1. The monoisotopic (exact) mass is 283 g/mol. The first kappa shape index (κ1) is 13.8. The second-order valence-electron chi connectivity index (χ2n) is 5.68. The Morgan fingerprint density at radius 1 is 1.00 bits per heavy atom. The summed E-state index contributed by atoms with van der Waals surface area (Å²) in [5, 5.41) is 0. The van der Waals surface area contributed by atoms with Crippen LogP contribution < -0.4 is 10.6 Å². The molecule has 0 saturated carbocycles. The van der Waals surface area contributed by atoms with E-state index in [1.807, 2.05) is 0 Å². The molecule has 110 valence electrons. The van der Waals surface area contributed by atoms with Crippen molar-refractivity contribution in [3.8, 4) is 11.4 Å². The first-order valence-electron chi connectivity index (χ1n) is 7.47. The minimum absolute atomic E-state index is 0.292. The standard InChI is InChI=1S/C16H21N5/c1-11-6-7-13(12(2)10-11)14-18-15(17)20-16(19-14)21-8-4-3-5-9-21/h6-7,10H,3-5,8-9H2,1-2H3,(H2,17,18,19,20). The third kappa shape index (κ3) is 2.96. The van der Waals surface area contributed by atoms with Crippen molar-refractivity contribution in [2.24, 2.45) is 0 Å². The van der Waals surface area contributed by atoms with Gasteiger partial charge in [0.2, 0.25) is 11.9 Å². The average Bonchev–Trinajstić information content (AvgIpc) is 2.47. The zero-order valence-corrected chi connectivity index (χ0v) is 12.6.